The van der Waals surface area contributed by atoms with Gasteiger partial charge in [0.05, 0.1) is 4.92 Å². The van der Waals surface area contributed by atoms with Crippen LogP contribution in [0, 0.1) is 22.9 Å². The van der Waals surface area contributed by atoms with Crippen LogP contribution in [0.2, 0.25) is 0 Å². The molecule has 2 aromatic rings. The number of nitro groups is 1. The van der Waals surface area contributed by atoms with Gasteiger partial charge in [0.25, 0.3) is 5.69 Å². The predicted octanol–water partition coefficient (Wildman–Crippen LogP) is 3.20. The quantitative estimate of drug-likeness (QED) is 0.528. The average molecular weight is 276 g/mol. The van der Waals surface area contributed by atoms with E-state index in [-0.39, 0.29) is 23.7 Å². The highest BCUT2D eigenvalue weighted by molar-refractivity contribution is 5.59. The molecule has 0 saturated heterocycles. The van der Waals surface area contributed by atoms with Crippen molar-refractivity contribution in [3.63, 3.8) is 0 Å². The zero-order valence-electron chi connectivity index (χ0n) is 10.8. The molecule has 0 aliphatic carbocycles. The third-order valence-corrected chi connectivity index (χ3v) is 2.84. The van der Waals surface area contributed by atoms with Crippen molar-refractivity contribution >= 4 is 11.4 Å². The second-order valence-corrected chi connectivity index (χ2v) is 4.33. The first-order chi connectivity index (χ1) is 9.49. The molecule has 0 atom stereocenters. The molecule has 2 rings (SSSR count). The van der Waals surface area contributed by atoms with Crippen molar-refractivity contribution in [2.75, 3.05) is 5.73 Å². The Morgan fingerprint density at radius 1 is 1.35 bits per heavy atom. The first-order valence-electron chi connectivity index (χ1n) is 5.89. The van der Waals surface area contributed by atoms with Crippen molar-refractivity contribution in [1.82, 2.24) is 0 Å². The number of hydrogen-bond donors (Lipinski definition) is 1. The molecule has 2 N–H and O–H groups in total. The van der Waals surface area contributed by atoms with Crippen molar-refractivity contribution < 1.29 is 14.1 Å². The topological polar surface area (TPSA) is 78.4 Å². The van der Waals surface area contributed by atoms with Crippen LogP contribution in [0.3, 0.4) is 0 Å². The molecule has 2 aromatic carbocycles. The van der Waals surface area contributed by atoms with E-state index in [2.05, 4.69) is 0 Å². The molecule has 0 radical (unpaired) electrons. The monoisotopic (exact) mass is 276 g/mol. The minimum absolute atomic E-state index is 0.0563. The third-order valence-electron chi connectivity index (χ3n) is 2.84. The van der Waals surface area contributed by atoms with Gasteiger partial charge in [0, 0.05) is 6.07 Å². The number of anilines is 1. The van der Waals surface area contributed by atoms with Crippen molar-refractivity contribution in [2.45, 2.75) is 13.5 Å². The Morgan fingerprint density at radius 3 is 2.75 bits per heavy atom. The zero-order valence-corrected chi connectivity index (χ0v) is 10.8. The van der Waals surface area contributed by atoms with Gasteiger partial charge in [0.15, 0.2) is 11.6 Å². The number of ether oxygens (including phenoxy) is 1. The highest BCUT2D eigenvalue weighted by Crippen LogP contribution is 2.24. The lowest BCUT2D eigenvalue weighted by atomic mass is 10.2. The summed E-state index contributed by atoms with van der Waals surface area (Å²) >= 11 is 0. The number of rotatable bonds is 4. The molecular weight excluding hydrogens is 263 g/mol. The van der Waals surface area contributed by atoms with E-state index in [0.717, 1.165) is 0 Å². The largest absolute Gasteiger partial charge is 0.486 e. The van der Waals surface area contributed by atoms with Gasteiger partial charge in [-0.1, -0.05) is 12.1 Å². The normalized spacial score (nSPS) is 10.3. The van der Waals surface area contributed by atoms with Gasteiger partial charge in [-0.2, -0.15) is 0 Å². The van der Waals surface area contributed by atoms with Crippen LogP contribution < -0.4 is 10.5 Å². The molecule has 5 nitrogen and oxygen atoms in total. The maximum Gasteiger partial charge on any atom is 0.292 e. The van der Waals surface area contributed by atoms with Crippen molar-refractivity contribution in [2.24, 2.45) is 0 Å². The molecule has 0 saturated carbocycles. The molecule has 6 heteroatoms. The maximum absolute atomic E-state index is 13.7. The Kier molecular flexibility index (Phi) is 3.84. The number of hydrogen-bond acceptors (Lipinski definition) is 4. The van der Waals surface area contributed by atoms with Gasteiger partial charge in [-0.25, -0.2) is 4.39 Å². The fourth-order valence-electron chi connectivity index (χ4n) is 1.75. The third kappa shape index (κ3) is 2.85. The number of nitrogens with zero attached hydrogens (tertiary/aromatic N) is 1. The summed E-state index contributed by atoms with van der Waals surface area (Å²) in [5, 5.41) is 10.6. The summed E-state index contributed by atoms with van der Waals surface area (Å²) in [6.07, 6.45) is 0. The van der Waals surface area contributed by atoms with Crippen molar-refractivity contribution in [1.29, 1.82) is 0 Å². The van der Waals surface area contributed by atoms with E-state index in [1.165, 1.54) is 24.3 Å². The summed E-state index contributed by atoms with van der Waals surface area (Å²) in [6.45, 7) is 1.73. The van der Waals surface area contributed by atoms with Crippen molar-refractivity contribution in [3.05, 3.63) is 63.5 Å². The predicted molar refractivity (Wildman–Crippen MR) is 73.0 cm³/mol. The standard InChI is InChI=1S/C14H13FN2O3/c1-9-3-2-4-13(14(9)15)20-8-10-5-6-12(17(18)19)11(16)7-10/h2-7H,8,16H2,1H3. The summed E-state index contributed by atoms with van der Waals surface area (Å²) in [4.78, 5) is 10.1. The van der Waals surface area contributed by atoms with Gasteiger partial charge in [-0.3, -0.25) is 10.1 Å². The summed E-state index contributed by atoms with van der Waals surface area (Å²) in [6, 6.07) is 9.15. The Hall–Kier alpha value is -2.63. The second-order valence-electron chi connectivity index (χ2n) is 4.33. The number of benzene rings is 2. The van der Waals surface area contributed by atoms with Gasteiger partial charge in [-0.15, -0.1) is 0 Å². The van der Waals surface area contributed by atoms with E-state index >= 15 is 0 Å². The van der Waals surface area contributed by atoms with Crippen LogP contribution in [0.15, 0.2) is 36.4 Å². The van der Waals surface area contributed by atoms with E-state index in [1.807, 2.05) is 0 Å². The minimum atomic E-state index is -0.555. The van der Waals surface area contributed by atoms with E-state index in [0.29, 0.717) is 11.1 Å². The van der Waals surface area contributed by atoms with Crippen LogP contribution in [-0.4, -0.2) is 4.92 Å². The minimum Gasteiger partial charge on any atom is -0.486 e. The summed E-state index contributed by atoms with van der Waals surface area (Å²) in [7, 11) is 0. The molecular formula is C14H13FN2O3. The molecule has 0 spiro atoms. The van der Waals surface area contributed by atoms with Gasteiger partial charge < -0.3 is 10.5 Å². The smallest absolute Gasteiger partial charge is 0.292 e. The SMILES string of the molecule is Cc1cccc(OCc2ccc([N+](=O)[O-])c(N)c2)c1F. The van der Waals surface area contributed by atoms with Crippen LogP contribution in [0.25, 0.3) is 0 Å². The van der Waals surface area contributed by atoms with Gasteiger partial charge in [-0.05, 0) is 36.2 Å². The van der Waals surface area contributed by atoms with Crippen LogP contribution in [-0.2, 0) is 6.61 Å². The van der Waals surface area contributed by atoms with Gasteiger partial charge in [0.2, 0.25) is 0 Å². The lowest BCUT2D eigenvalue weighted by Crippen LogP contribution is -2.01. The second kappa shape index (κ2) is 5.56. The molecule has 104 valence electrons. The van der Waals surface area contributed by atoms with E-state index < -0.39 is 10.7 Å². The average Bonchev–Trinajstić information content (AvgIpc) is 2.40. The van der Waals surface area contributed by atoms with Gasteiger partial charge in [0.1, 0.15) is 12.3 Å². The van der Waals surface area contributed by atoms with E-state index in [1.54, 1.807) is 19.1 Å². The Labute approximate surface area is 114 Å². The molecule has 0 bridgehead atoms. The molecule has 0 amide bonds. The lowest BCUT2D eigenvalue weighted by molar-refractivity contribution is -0.383. The van der Waals surface area contributed by atoms with E-state index in [4.69, 9.17) is 10.5 Å². The summed E-state index contributed by atoms with van der Waals surface area (Å²) in [5.41, 5.74) is 6.60. The van der Waals surface area contributed by atoms with Gasteiger partial charge >= 0.3 is 0 Å². The Bertz CT molecular complexity index is 659. The van der Waals surface area contributed by atoms with Crippen LogP contribution >= 0.6 is 0 Å². The zero-order chi connectivity index (χ0) is 14.7. The Morgan fingerprint density at radius 2 is 2.10 bits per heavy atom. The molecule has 20 heavy (non-hydrogen) atoms. The first kappa shape index (κ1) is 13.8. The fraction of sp³-hybridized carbons (Fsp3) is 0.143. The number of nitrogens with two attached hydrogens (primary N) is 1. The summed E-state index contributed by atoms with van der Waals surface area (Å²) < 4.78 is 19.1. The van der Waals surface area contributed by atoms with Crippen LogP contribution in [0.4, 0.5) is 15.8 Å². The molecule has 0 unspecified atom stereocenters. The molecule has 0 fully saturated rings. The van der Waals surface area contributed by atoms with Crippen molar-refractivity contribution in [3.8, 4) is 5.75 Å². The fourth-order valence-corrected chi connectivity index (χ4v) is 1.75. The molecule has 0 aliphatic rings. The molecule has 0 aliphatic heterocycles. The lowest BCUT2D eigenvalue weighted by Gasteiger charge is -2.09. The number of aryl methyl sites for hydroxylation is 1. The maximum atomic E-state index is 13.7. The highest BCUT2D eigenvalue weighted by Gasteiger charge is 2.12. The van der Waals surface area contributed by atoms with Crippen LogP contribution in [0.1, 0.15) is 11.1 Å². The van der Waals surface area contributed by atoms with Crippen LogP contribution in [0.5, 0.6) is 5.75 Å². The Balaban J connectivity index is 2.13. The van der Waals surface area contributed by atoms with E-state index in [9.17, 15) is 14.5 Å². The highest BCUT2D eigenvalue weighted by atomic mass is 19.1. The summed E-state index contributed by atoms with van der Waals surface area (Å²) in [5.74, 6) is -0.274. The number of nitro benzene ring substituents is 1. The molecule has 0 aromatic heterocycles. The number of halogens is 1. The molecule has 0 heterocycles. The number of nitrogen functional groups attached to an aromatic ring is 1. The first-order valence-corrected chi connectivity index (χ1v) is 5.89.